The smallest absolute Gasteiger partial charge is 0.412 e. The molecule has 0 bridgehead atoms. The molecule has 0 aromatic heterocycles. The highest BCUT2D eigenvalue weighted by Crippen LogP contribution is 2.21. The second-order valence-electron chi connectivity index (χ2n) is 5.30. The van der Waals surface area contributed by atoms with Gasteiger partial charge in [0.25, 0.3) is 5.91 Å². The second-order valence-corrected chi connectivity index (χ2v) is 5.71. The van der Waals surface area contributed by atoms with E-state index in [1.807, 2.05) is 0 Å². The molecule has 2 amide bonds. The van der Waals surface area contributed by atoms with E-state index in [2.05, 4.69) is 10.6 Å². The summed E-state index contributed by atoms with van der Waals surface area (Å²) in [6.45, 7) is 5.27. The summed E-state index contributed by atoms with van der Waals surface area (Å²) in [6, 6.07) is 4.49. The predicted octanol–water partition coefficient (Wildman–Crippen LogP) is 2.41. The van der Waals surface area contributed by atoms with Crippen LogP contribution >= 0.6 is 11.6 Å². The number of rotatable bonds is 4. The third-order valence-corrected chi connectivity index (χ3v) is 2.57. The molecule has 0 atom stereocenters. The van der Waals surface area contributed by atoms with E-state index >= 15 is 0 Å². The summed E-state index contributed by atoms with van der Waals surface area (Å²) in [5.41, 5.74) is 0.0886. The minimum atomic E-state index is -0.601. The summed E-state index contributed by atoms with van der Waals surface area (Å²) in [5, 5.41) is 13.9. The van der Waals surface area contributed by atoms with Gasteiger partial charge in [0.05, 0.1) is 17.2 Å². The van der Waals surface area contributed by atoms with Crippen LogP contribution in [-0.2, 0) is 4.74 Å². The number of aliphatic hydroxyl groups excluding tert-OH is 1. The molecular formula is C14H19ClN2O4. The second kappa shape index (κ2) is 7.28. The summed E-state index contributed by atoms with van der Waals surface area (Å²) in [6.07, 6.45) is -0.601. The predicted molar refractivity (Wildman–Crippen MR) is 80.7 cm³/mol. The summed E-state index contributed by atoms with van der Waals surface area (Å²) in [7, 11) is 0. The molecule has 0 spiro atoms. The molecule has 1 aromatic rings. The lowest BCUT2D eigenvalue weighted by Gasteiger charge is -2.19. The Morgan fingerprint density at radius 1 is 1.33 bits per heavy atom. The van der Waals surface area contributed by atoms with Gasteiger partial charge >= 0.3 is 6.09 Å². The summed E-state index contributed by atoms with van der Waals surface area (Å²) in [5.74, 6) is -0.391. The Morgan fingerprint density at radius 3 is 2.52 bits per heavy atom. The zero-order valence-electron chi connectivity index (χ0n) is 12.2. The number of aliphatic hydroxyl groups is 1. The Labute approximate surface area is 128 Å². The average molecular weight is 315 g/mol. The van der Waals surface area contributed by atoms with Crippen LogP contribution in [0.25, 0.3) is 0 Å². The van der Waals surface area contributed by atoms with Gasteiger partial charge in [-0.3, -0.25) is 10.1 Å². The molecule has 0 aliphatic rings. The monoisotopic (exact) mass is 314 g/mol. The van der Waals surface area contributed by atoms with E-state index in [9.17, 15) is 9.59 Å². The van der Waals surface area contributed by atoms with Crippen LogP contribution in [0.2, 0.25) is 5.02 Å². The van der Waals surface area contributed by atoms with E-state index in [1.165, 1.54) is 12.1 Å². The number of carbonyl (C=O) groups is 2. The van der Waals surface area contributed by atoms with Gasteiger partial charge in [0.1, 0.15) is 5.60 Å². The topological polar surface area (TPSA) is 87.7 Å². The van der Waals surface area contributed by atoms with E-state index in [0.717, 1.165) is 0 Å². The standard InChI is InChI=1S/C14H19ClN2O4/c1-14(2,3)21-13(20)17-9-4-5-10(11(15)8-9)12(19)16-6-7-18/h4-5,8,18H,6-7H2,1-3H3,(H,16,19)(H,17,20). The molecule has 0 aliphatic heterocycles. The number of benzene rings is 1. The molecule has 1 aromatic carbocycles. The maximum Gasteiger partial charge on any atom is 0.412 e. The SMILES string of the molecule is CC(C)(C)OC(=O)Nc1ccc(C(=O)NCCO)c(Cl)c1. The van der Waals surface area contributed by atoms with Crippen molar-refractivity contribution in [3.8, 4) is 0 Å². The van der Waals surface area contributed by atoms with Crippen molar-refractivity contribution in [2.45, 2.75) is 26.4 Å². The number of hydrogen-bond donors (Lipinski definition) is 3. The summed E-state index contributed by atoms with van der Waals surface area (Å²) >= 11 is 6.00. The zero-order chi connectivity index (χ0) is 16.0. The summed E-state index contributed by atoms with van der Waals surface area (Å²) in [4.78, 5) is 23.3. The fraction of sp³-hybridized carbons (Fsp3) is 0.429. The van der Waals surface area contributed by atoms with Crippen LogP contribution < -0.4 is 10.6 Å². The van der Waals surface area contributed by atoms with Crippen LogP contribution in [0.15, 0.2) is 18.2 Å². The van der Waals surface area contributed by atoms with Crippen molar-refractivity contribution in [3.05, 3.63) is 28.8 Å². The third kappa shape index (κ3) is 6.01. The molecule has 6 nitrogen and oxygen atoms in total. The normalized spacial score (nSPS) is 10.9. The van der Waals surface area contributed by atoms with Crippen LogP contribution in [0, 0.1) is 0 Å². The van der Waals surface area contributed by atoms with Gasteiger partial charge in [0, 0.05) is 12.2 Å². The van der Waals surface area contributed by atoms with Crippen LogP contribution in [0.3, 0.4) is 0 Å². The fourth-order valence-corrected chi connectivity index (χ4v) is 1.73. The molecule has 3 N–H and O–H groups in total. The maximum absolute atomic E-state index is 11.7. The fourth-order valence-electron chi connectivity index (χ4n) is 1.46. The average Bonchev–Trinajstić information content (AvgIpc) is 2.33. The molecular weight excluding hydrogens is 296 g/mol. The van der Waals surface area contributed by atoms with Crippen molar-refractivity contribution in [3.63, 3.8) is 0 Å². The van der Waals surface area contributed by atoms with Gasteiger partial charge in [-0.05, 0) is 39.0 Å². The molecule has 0 radical (unpaired) electrons. The van der Waals surface area contributed by atoms with Gasteiger partial charge in [0.15, 0.2) is 0 Å². The number of ether oxygens (including phenoxy) is 1. The minimum absolute atomic E-state index is 0.146. The molecule has 0 saturated heterocycles. The van der Waals surface area contributed by atoms with Crippen LogP contribution in [0.1, 0.15) is 31.1 Å². The summed E-state index contributed by atoms with van der Waals surface area (Å²) < 4.78 is 5.11. The Hall–Kier alpha value is -1.79. The van der Waals surface area contributed by atoms with Gasteiger partial charge in [-0.2, -0.15) is 0 Å². The van der Waals surface area contributed by atoms with E-state index in [1.54, 1.807) is 26.8 Å². The van der Waals surface area contributed by atoms with Gasteiger partial charge < -0.3 is 15.2 Å². The zero-order valence-corrected chi connectivity index (χ0v) is 13.0. The van der Waals surface area contributed by atoms with Gasteiger partial charge in [0.2, 0.25) is 0 Å². The minimum Gasteiger partial charge on any atom is -0.444 e. The third-order valence-electron chi connectivity index (χ3n) is 2.26. The van der Waals surface area contributed by atoms with Crippen LogP contribution in [0.5, 0.6) is 0 Å². The van der Waals surface area contributed by atoms with Gasteiger partial charge in [-0.25, -0.2) is 4.79 Å². The lowest BCUT2D eigenvalue weighted by molar-refractivity contribution is 0.0636. The number of anilines is 1. The number of halogens is 1. The lowest BCUT2D eigenvalue weighted by Crippen LogP contribution is -2.27. The first-order chi connectivity index (χ1) is 9.73. The Balaban J connectivity index is 2.74. The van der Waals surface area contributed by atoms with Crippen molar-refractivity contribution < 1.29 is 19.4 Å². The molecule has 21 heavy (non-hydrogen) atoms. The molecule has 0 fully saturated rings. The van der Waals surface area contributed by atoms with Crippen molar-refractivity contribution in [1.82, 2.24) is 5.32 Å². The first kappa shape index (κ1) is 17.3. The first-order valence-corrected chi connectivity index (χ1v) is 6.79. The molecule has 0 aliphatic carbocycles. The highest BCUT2D eigenvalue weighted by molar-refractivity contribution is 6.34. The van der Waals surface area contributed by atoms with Crippen molar-refractivity contribution >= 4 is 29.3 Å². The molecule has 116 valence electrons. The number of amides is 2. The lowest BCUT2D eigenvalue weighted by atomic mass is 10.2. The number of carbonyl (C=O) groups excluding carboxylic acids is 2. The maximum atomic E-state index is 11.7. The van der Waals surface area contributed by atoms with Crippen molar-refractivity contribution in [2.24, 2.45) is 0 Å². The van der Waals surface area contributed by atoms with E-state index < -0.39 is 17.6 Å². The largest absolute Gasteiger partial charge is 0.444 e. The van der Waals surface area contributed by atoms with E-state index in [0.29, 0.717) is 5.69 Å². The Kier molecular flexibility index (Phi) is 5.99. The van der Waals surface area contributed by atoms with Crippen LogP contribution in [0.4, 0.5) is 10.5 Å². The molecule has 1 rings (SSSR count). The number of hydrogen-bond acceptors (Lipinski definition) is 4. The number of nitrogens with one attached hydrogen (secondary N) is 2. The molecule has 0 saturated carbocycles. The Morgan fingerprint density at radius 2 is 2.00 bits per heavy atom. The highest BCUT2D eigenvalue weighted by atomic mass is 35.5. The molecule has 0 unspecified atom stereocenters. The van der Waals surface area contributed by atoms with Crippen molar-refractivity contribution in [1.29, 1.82) is 0 Å². The molecule has 0 heterocycles. The Bertz CT molecular complexity index is 526. The van der Waals surface area contributed by atoms with Crippen LogP contribution in [-0.4, -0.2) is 35.9 Å². The van der Waals surface area contributed by atoms with Gasteiger partial charge in [-0.1, -0.05) is 11.6 Å². The van der Waals surface area contributed by atoms with Crippen molar-refractivity contribution in [2.75, 3.05) is 18.5 Å². The van der Waals surface area contributed by atoms with E-state index in [4.69, 9.17) is 21.4 Å². The van der Waals surface area contributed by atoms with Gasteiger partial charge in [-0.15, -0.1) is 0 Å². The highest BCUT2D eigenvalue weighted by Gasteiger charge is 2.17. The quantitative estimate of drug-likeness (QED) is 0.796. The van der Waals surface area contributed by atoms with E-state index in [-0.39, 0.29) is 23.7 Å². The first-order valence-electron chi connectivity index (χ1n) is 6.41. The molecule has 7 heteroatoms.